The Morgan fingerprint density at radius 2 is 1.65 bits per heavy atom. The molecule has 1 heterocycles. The van der Waals surface area contributed by atoms with Gasteiger partial charge in [0.1, 0.15) is 0 Å². The number of benzene rings is 1. The summed E-state index contributed by atoms with van der Waals surface area (Å²) in [5, 5.41) is 12.1. The lowest BCUT2D eigenvalue weighted by atomic mass is 10.1. The molecule has 2 rings (SSSR count). The quantitative estimate of drug-likeness (QED) is 0.619. The van der Waals surface area contributed by atoms with Crippen LogP contribution in [-0.4, -0.2) is 26.3 Å². The lowest BCUT2D eigenvalue weighted by molar-refractivity contribution is -0.526. The van der Waals surface area contributed by atoms with Gasteiger partial charge in [-0.25, -0.2) is 0 Å². The van der Waals surface area contributed by atoms with E-state index in [-0.39, 0.29) is 11.7 Å². The summed E-state index contributed by atoms with van der Waals surface area (Å²) in [6.45, 7) is 1.45. The maximum atomic E-state index is 11.0. The third kappa shape index (κ3) is 2.11. The molecule has 0 bridgehead atoms. The van der Waals surface area contributed by atoms with E-state index in [0.29, 0.717) is 22.3 Å². The zero-order valence-corrected chi connectivity index (χ0v) is 11.6. The fourth-order valence-electron chi connectivity index (χ4n) is 2.02. The molecule has 0 saturated carbocycles. The van der Waals surface area contributed by atoms with E-state index < -0.39 is 11.0 Å². The highest BCUT2D eigenvalue weighted by molar-refractivity contribution is 5.92. The number of ether oxygens (including phenoxy) is 3. The monoisotopic (exact) mass is 281 g/mol. The van der Waals surface area contributed by atoms with Crippen LogP contribution in [0.3, 0.4) is 0 Å². The molecule has 1 unspecified atom stereocenters. The van der Waals surface area contributed by atoms with Crippen LogP contribution in [0, 0.1) is 10.1 Å². The summed E-state index contributed by atoms with van der Waals surface area (Å²) in [4.78, 5) is 10.5. The molecule has 0 N–H and O–H groups in total. The van der Waals surface area contributed by atoms with Gasteiger partial charge in [-0.15, -0.1) is 0 Å². The summed E-state index contributed by atoms with van der Waals surface area (Å²) in [6, 6.07) is 2.34. The van der Waals surface area contributed by atoms with Gasteiger partial charge >= 0.3 is 0 Å². The van der Waals surface area contributed by atoms with Gasteiger partial charge in [0.2, 0.25) is 0 Å². The van der Waals surface area contributed by atoms with Gasteiger partial charge in [-0.2, -0.15) is 0 Å². The van der Waals surface area contributed by atoms with Crippen LogP contribution in [0.15, 0.2) is 16.5 Å². The first-order valence-electron chi connectivity index (χ1n) is 5.89. The highest BCUT2D eigenvalue weighted by atomic mass is 16.6. The first kappa shape index (κ1) is 14.0. The van der Waals surface area contributed by atoms with Crippen molar-refractivity contribution in [2.45, 2.75) is 13.0 Å². The van der Waals surface area contributed by atoms with Gasteiger partial charge in [-0.05, 0) is 12.1 Å². The molecule has 0 fully saturated rings. The average molecular weight is 281 g/mol. The minimum Gasteiger partial charge on any atom is -0.493 e. The van der Waals surface area contributed by atoms with Crippen LogP contribution in [0.25, 0.3) is 10.8 Å². The third-order valence-electron chi connectivity index (χ3n) is 3.09. The first-order valence-corrected chi connectivity index (χ1v) is 5.89. The summed E-state index contributed by atoms with van der Waals surface area (Å²) in [7, 11) is 4.45. The molecule has 1 aromatic carbocycles. The van der Waals surface area contributed by atoms with E-state index in [1.54, 1.807) is 12.1 Å². The minimum absolute atomic E-state index is 0.213. The van der Waals surface area contributed by atoms with Crippen LogP contribution in [0.4, 0.5) is 0 Å². The van der Waals surface area contributed by atoms with Crippen LogP contribution in [-0.2, 0) is 0 Å². The molecule has 0 aliphatic rings. The Balaban J connectivity index is 2.74. The Morgan fingerprint density at radius 1 is 1.10 bits per heavy atom. The summed E-state index contributed by atoms with van der Waals surface area (Å²) >= 11 is 0. The molecular weight excluding hydrogens is 266 g/mol. The van der Waals surface area contributed by atoms with Crippen LogP contribution in [0.1, 0.15) is 18.7 Å². The molecule has 1 aromatic heterocycles. The van der Waals surface area contributed by atoms with E-state index >= 15 is 0 Å². The van der Waals surface area contributed by atoms with Crippen molar-refractivity contribution in [3.8, 4) is 17.4 Å². The number of nitrogens with zero attached hydrogens (tertiary/aromatic N) is 1. The first-order chi connectivity index (χ1) is 9.53. The lowest BCUT2D eigenvalue weighted by Crippen LogP contribution is -2.05. The van der Waals surface area contributed by atoms with Crippen molar-refractivity contribution in [1.29, 1.82) is 0 Å². The van der Waals surface area contributed by atoms with Crippen molar-refractivity contribution in [3.05, 3.63) is 28.0 Å². The Morgan fingerprint density at radius 3 is 2.10 bits per heavy atom. The second kappa shape index (κ2) is 5.28. The summed E-state index contributed by atoms with van der Waals surface area (Å²) in [5.74, 6) is 1.41. The third-order valence-corrected chi connectivity index (χ3v) is 3.09. The molecule has 0 radical (unpaired) electrons. The molecular formula is C13H15NO6. The van der Waals surface area contributed by atoms with E-state index in [2.05, 4.69) is 0 Å². The zero-order valence-electron chi connectivity index (χ0n) is 11.6. The second-order valence-electron chi connectivity index (χ2n) is 4.17. The fraction of sp³-hybridized carbons (Fsp3) is 0.385. The van der Waals surface area contributed by atoms with Crippen molar-refractivity contribution in [1.82, 2.24) is 0 Å². The van der Waals surface area contributed by atoms with Gasteiger partial charge in [0.25, 0.3) is 12.0 Å². The predicted octanol–water partition coefficient (Wildman–Crippen LogP) is 2.80. The number of rotatable bonds is 5. The standard InChI is InChI=1S/C13H15NO6/c1-7(14(15)16)12-8-5-10(17-2)11(18-3)6-9(8)13(19-4)20-12/h5-7H,1-4H3. The number of hydrogen-bond donors (Lipinski definition) is 0. The number of fused-ring (bicyclic) bond motifs is 1. The highest BCUT2D eigenvalue weighted by Gasteiger charge is 2.27. The van der Waals surface area contributed by atoms with Crippen molar-refractivity contribution in [3.63, 3.8) is 0 Å². The molecule has 0 aliphatic heterocycles. The van der Waals surface area contributed by atoms with Crippen molar-refractivity contribution in [2.75, 3.05) is 21.3 Å². The van der Waals surface area contributed by atoms with Crippen LogP contribution >= 0.6 is 0 Å². The Kier molecular flexibility index (Phi) is 3.69. The van der Waals surface area contributed by atoms with Gasteiger partial charge < -0.3 is 18.6 Å². The van der Waals surface area contributed by atoms with E-state index in [1.165, 1.54) is 28.3 Å². The normalized spacial score (nSPS) is 12.2. The second-order valence-corrected chi connectivity index (χ2v) is 4.17. The molecule has 0 spiro atoms. The Hall–Kier alpha value is -2.44. The largest absolute Gasteiger partial charge is 0.493 e. The zero-order chi connectivity index (χ0) is 14.9. The number of furan rings is 1. The van der Waals surface area contributed by atoms with Crippen LogP contribution in [0.2, 0.25) is 0 Å². The van der Waals surface area contributed by atoms with E-state index in [0.717, 1.165) is 0 Å². The molecule has 0 amide bonds. The van der Waals surface area contributed by atoms with E-state index in [9.17, 15) is 10.1 Å². The summed E-state index contributed by atoms with van der Waals surface area (Å²) in [6.07, 6.45) is 0. The molecule has 20 heavy (non-hydrogen) atoms. The molecule has 1 atom stereocenters. The molecule has 2 aromatic rings. The predicted molar refractivity (Wildman–Crippen MR) is 71.3 cm³/mol. The van der Waals surface area contributed by atoms with Gasteiger partial charge in [-0.3, -0.25) is 10.1 Å². The van der Waals surface area contributed by atoms with Crippen molar-refractivity contribution < 1.29 is 23.6 Å². The van der Waals surface area contributed by atoms with Crippen molar-refractivity contribution in [2.24, 2.45) is 0 Å². The van der Waals surface area contributed by atoms with E-state index in [4.69, 9.17) is 18.6 Å². The number of methoxy groups -OCH3 is 3. The van der Waals surface area contributed by atoms with Gasteiger partial charge in [0.15, 0.2) is 17.3 Å². The van der Waals surface area contributed by atoms with Crippen molar-refractivity contribution >= 4 is 10.8 Å². The summed E-state index contributed by atoms with van der Waals surface area (Å²) in [5.41, 5.74) is 0. The SMILES string of the molecule is COc1cc2c(OC)oc(C(C)[N+](=O)[O-])c2cc1OC. The topological polar surface area (TPSA) is 84.0 Å². The van der Waals surface area contributed by atoms with Gasteiger partial charge in [0.05, 0.1) is 26.7 Å². The average Bonchev–Trinajstić information content (AvgIpc) is 2.82. The van der Waals surface area contributed by atoms with E-state index in [1.807, 2.05) is 0 Å². The number of nitro groups is 1. The maximum absolute atomic E-state index is 11.0. The lowest BCUT2D eigenvalue weighted by Gasteiger charge is -2.07. The van der Waals surface area contributed by atoms with Crippen LogP contribution in [0.5, 0.6) is 17.4 Å². The molecule has 0 saturated heterocycles. The smallest absolute Gasteiger partial charge is 0.292 e. The molecule has 0 aliphatic carbocycles. The van der Waals surface area contributed by atoms with Crippen LogP contribution < -0.4 is 14.2 Å². The fourth-order valence-corrected chi connectivity index (χ4v) is 2.02. The summed E-state index contributed by atoms with van der Waals surface area (Å²) < 4.78 is 21.0. The molecule has 108 valence electrons. The molecule has 7 nitrogen and oxygen atoms in total. The Bertz CT molecular complexity index is 648. The Labute approximate surface area is 115 Å². The maximum Gasteiger partial charge on any atom is 0.292 e. The highest BCUT2D eigenvalue weighted by Crippen LogP contribution is 2.42. The van der Waals surface area contributed by atoms with Gasteiger partial charge in [-0.1, -0.05) is 0 Å². The minimum atomic E-state index is -0.987. The van der Waals surface area contributed by atoms with Gasteiger partial charge in [0, 0.05) is 17.2 Å². The molecule has 7 heteroatoms. The number of hydrogen-bond acceptors (Lipinski definition) is 6.